The molecule has 1 aliphatic carbocycles. The fourth-order valence-electron chi connectivity index (χ4n) is 4.84. The molecule has 41 heavy (non-hydrogen) atoms. The summed E-state index contributed by atoms with van der Waals surface area (Å²) in [5.74, 6) is -0.749. The van der Waals surface area contributed by atoms with Crippen LogP contribution >= 0.6 is 0 Å². The number of alkyl halides is 1. The third-order valence-electron chi connectivity index (χ3n) is 7.42. The molecular weight excluding hydrogens is 536 g/mol. The number of anilines is 1. The van der Waals surface area contributed by atoms with E-state index < -0.39 is 30.4 Å². The van der Waals surface area contributed by atoms with E-state index in [0.717, 1.165) is 4.68 Å². The van der Waals surface area contributed by atoms with Crippen LogP contribution in [-0.4, -0.2) is 69.8 Å². The van der Waals surface area contributed by atoms with Gasteiger partial charge in [0.25, 0.3) is 0 Å². The van der Waals surface area contributed by atoms with E-state index in [1.807, 2.05) is 13.0 Å². The van der Waals surface area contributed by atoms with Crippen molar-refractivity contribution in [3.05, 3.63) is 48.2 Å². The summed E-state index contributed by atoms with van der Waals surface area (Å²) in [6.07, 6.45) is 1.39. The minimum absolute atomic E-state index is 0.0315. The molecule has 214 valence electrons. The zero-order valence-corrected chi connectivity index (χ0v) is 22.6. The van der Waals surface area contributed by atoms with Gasteiger partial charge in [-0.2, -0.15) is 14.8 Å². The van der Waals surface area contributed by atoms with Crippen LogP contribution in [-0.2, 0) is 6.54 Å². The first-order chi connectivity index (χ1) is 19.4. The number of hydrogen-bond acceptors (Lipinski definition) is 8. The molecule has 4 N–H and O–H groups in total. The van der Waals surface area contributed by atoms with Crippen LogP contribution in [0.4, 0.5) is 19.3 Å². The normalized spacial score (nSPS) is 18.4. The molecule has 0 saturated heterocycles. The molecule has 0 aromatic carbocycles. The fraction of sp³-hybridized carbons (Fsp3) is 0.407. The molecule has 0 radical (unpaired) electrons. The van der Waals surface area contributed by atoms with Crippen molar-refractivity contribution in [3.8, 4) is 28.7 Å². The van der Waals surface area contributed by atoms with Crippen molar-refractivity contribution in [2.75, 3.05) is 5.32 Å². The summed E-state index contributed by atoms with van der Waals surface area (Å²) in [5, 5.41) is 46.1. The zero-order valence-electron chi connectivity index (χ0n) is 22.6. The molecule has 1 unspecified atom stereocenters. The van der Waals surface area contributed by atoms with E-state index in [0.29, 0.717) is 46.6 Å². The van der Waals surface area contributed by atoms with Gasteiger partial charge in [0.15, 0.2) is 5.69 Å². The Morgan fingerprint density at radius 1 is 1.29 bits per heavy atom. The third-order valence-corrected chi connectivity index (χ3v) is 7.42. The van der Waals surface area contributed by atoms with Gasteiger partial charge in [-0.1, -0.05) is 5.21 Å². The molecule has 1 saturated carbocycles. The maximum atomic E-state index is 15.5. The van der Waals surface area contributed by atoms with E-state index >= 15 is 4.39 Å². The maximum Gasteiger partial charge on any atom is 0.404 e. The molecule has 1 fully saturated rings. The number of halogens is 2. The summed E-state index contributed by atoms with van der Waals surface area (Å²) in [6.45, 7) is 3.87. The molecular formula is C27H29F2N9O3. The van der Waals surface area contributed by atoms with Crippen LogP contribution in [0.2, 0.25) is 0 Å². The molecule has 0 spiro atoms. The number of aliphatic hydroxyl groups is 1. The van der Waals surface area contributed by atoms with Crippen LogP contribution in [0.25, 0.3) is 28.2 Å². The molecule has 2 atom stereocenters. The van der Waals surface area contributed by atoms with Crippen LogP contribution in [0.15, 0.2) is 36.7 Å². The number of rotatable bonds is 9. The first-order valence-corrected chi connectivity index (χ1v) is 13.0. The van der Waals surface area contributed by atoms with E-state index in [1.54, 1.807) is 22.7 Å². The number of carboxylic acid groups (broad SMARTS) is 1. The van der Waals surface area contributed by atoms with Gasteiger partial charge in [-0.3, -0.25) is 4.98 Å². The Kier molecular flexibility index (Phi) is 7.31. The molecule has 4 aromatic heterocycles. The lowest BCUT2D eigenvalue weighted by Crippen LogP contribution is -2.47. The number of hydrogen-bond donors (Lipinski definition) is 4. The van der Waals surface area contributed by atoms with Crippen LogP contribution in [0.3, 0.4) is 0 Å². The number of fused-ring (bicyclic) bond motifs is 1. The molecule has 0 bridgehead atoms. The summed E-state index contributed by atoms with van der Waals surface area (Å²) in [6, 6.07) is 8.85. The van der Waals surface area contributed by atoms with Gasteiger partial charge in [0, 0.05) is 29.5 Å². The highest BCUT2D eigenvalue weighted by atomic mass is 19.1. The van der Waals surface area contributed by atoms with Crippen molar-refractivity contribution in [3.63, 3.8) is 0 Å². The van der Waals surface area contributed by atoms with Crippen LogP contribution in [0.5, 0.6) is 0 Å². The fourth-order valence-corrected chi connectivity index (χ4v) is 4.84. The van der Waals surface area contributed by atoms with Crippen molar-refractivity contribution in [1.29, 1.82) is 5.26 Å². The second-order valence-corrected chi connectivity index (χ2v) is 10.9. The lowest BCUT2D eigenvalue weighted by atomic mass is 9.76. The first kappa shape index (κ1) is 27.9. The highest BCUT2D eigenvalue weighted by Crippen LogP contribution is 2.37. The molecule has 1 aliphatic rings. The third kappa shape index (κ3) is 5.66. The highest BCUT2D eigenvalue weighted by molar-refractivity contribution is 5.79. The van der Waals surface area contributed by atoms with Gasteiger partial charge < -0.3 is 20.8 Å². The Balaban J connectivity index is 1.48. The van der Waals surface area contributed by atoms with Crippen LogP contribution in [0.1, 0.15) is 39.2 Å². The second-order valence-electron chi connectivity index (χ2n) is 10.9. The minimum atomic E-state index is -1.78. The molecule has 5 rings (SSSR count). The van der Waals surface area contributed by atoms with Gasteiger partial charge in [0.1, 0.15) is 12.2 Å². The summed E-state index contributed by atoms with van der Waals surface area (Å²) in [4.78, 5) is 15.5. The zero-order chi connectivity index (χ0) is 29.5. The Hall–Kier alpha value is -4.64. The molecule has 4 aromatic rings. The lowest BCUT2D eigenvalue weighted by Gasteiger charge is -2.40. The first-order valence-electron chi connectivity index (χ1n) is 13.0. The monoisotopic (exact) mass is 565 g/mol. The number of aromatic nitrogens is 6. The SMILES string of the molecule is C[C@@H](NC(=O)O)C1CC(Nc2cc(-c3ccc4cc(C#N)cnn34)ncc2-c2nnn(CC(F)C(C)(C)O)c2F)C1. The van der Waals surface area contributed by atoms with Gasteiger partial charge in [0.2, 0.25) is 5.95 Å². The largest absolute Gasteiger partial charge is 0.465 e. The van der Waals surface area contributed by atoms with Crippen molar-refractivity contribution >= 4 is 17.3 Å². The van der Waals surface area contributed by atoms with E-state index in [4.69, 9.17) is 5.11 Å². The molecule has 4 heterocycles. The predicted molar refractivity (Wildman–Crippen MR) is 144 cm³/mol. The number of nitrogens with zero attached hydrogens (tertiary/aromatic N) is 7. The van der Waals surface area contributed by atoms with E-state index in [2.05, 4.69) is 37.1 Å². The molecule has 12 nitrogen and oxygen atoms in total. The molecule has 14 heteroatoms. The molecule has 0 aliphatic heterocycles. The smallest absolute Gasteiger partial charge is 0.404 e. The topological polar surface area (TPSA) is 166 Å². The lowest BCUT2D eigenvalue weighted by molar-refractivity contribution is -0.0133. The standard InChI is InChI=1S/C27H29F2N9O3/c1-14(33-26(39)40)16-7-17(8-16)34-20-9-21(22-5-4-18-6-15(10-30)11-32-38(18)22)31-12-19(20)24-25(29)37(36-35-24)13-23(28)27(2,3)41/h4-6,9,11-12,14,16-17,23,33,41H,7-8,13H2,1-3H3,(H,31,34)(H,39,40)/t14-,16?,17?,23?/m1/s1. The molecule has 1 amide bonds. The second kappa shape index (κ2) is 10.7. The van der Waals surface area contributed by atoms with Gasteiger partial charge in [0.05, 0.1) is 40.8 Å². The van der Waals surface area contributed by atoms with Crippen LogP contribution in [0, 0.1) is 23.2 Å². The summed E-state index contributed by atoms with van der Waals surface area (Å²) in [7, 11) is 0. The van der Waals surface area contributed by atoms with E-state index in [1.165, 1.54) is 26.2 Å². The van der Waals surface area contributed by atoms with E-state index in [9.17, 15) is 19.6 Å². The summed E-state index contributed by atoms with van der Waals surface area (Å²) < 4.78 is 32.3. The van der Waals surface area contributed by atoms with Gasteiger partial charge >= 0.3 is 6.09 Å². The average molecular weight is 566 g/mol. The van der Waals surface area contributed by atoms with E-state index in [-0.39, 0.29) is 23.7 Å². The Bertz CT molecular complexity index is 1630. The van der Waals surface area contributed by atoms with Gasteiger partial charge in [-0.25, -0.2) is 18.4 Å². The number of amides is 1. The van der Waals surface area contributed by atoms with Crippen molar-refractivity contribution < 1.29 is 23.8 Å². The van der Waals surface area contributed by atoms with Crippen LogP contribution < -0.4 is 10.6 Å². The van der Waals surface area contributed by atoms with Crippen molar-refractivity contribution in [2.45, 2.75) is 64.0 Å². The number of carbonyl (C=O) groups is 1. The Morgan fingerprint density at radius 2 is 2.05 bits per heavy atom. The summed E-state index contributed by atoms with van der Waals surface area (Å²) >= 11 is 0. The Labute approximate surface area is 233 Å². The average Bonchev–Trinajstić information content (AvgIpc) is 3.47. The van der Waals surface area contributed by atoms with Gasteiger partial charge in [-0.15, -0.1) is 5.10 Å². The Morgan fingerprint density at radius 3 is 2.73 bits per heavy atom. The predicted octanol–water partition coefficient (Wildman–Crippen LogP) is 3.62. The number of nitrogens with one attached hydrogen (secondary N) is 2. The number of nitriles is 1. The minimum Gasteiger partial charge on any atom is -0.465 e. The summed E-state index contributed by atoms with van der Waals surface area (Å²) in [5.41, 5.74) is 1.25. The maximum absolute atomic E-state index is 15.5. The van der Waals surface area contributed by atoms with Gasteiger partial charge in [-0.05, 0) is 63.8 Å². The highest BCUT2D eigenvalue weighted by Gasteiger charge is 2.35. The van der Waals surface area contributed by atoms with Crippen molar-refractivity contribution in [2.24, 2.45) is 5.92 Å². The van der Waals surface area contributed by atoms with Crippen molar-refractivity contribution in [1.82, 2.24) is 34.9 Å². The quantitative estimate of drug-likeness (QED) is 0.237. The number of pyridine rings is 1.